The van der Waals surface area contributed by atoms with Gasteiger partial charge in [0.1, 0.15) is 0 Å². The van der Waals surface area contributed by atoms with E-state index in [1.54, 1.807) is 20.8 Å². The van der Waals surface area contributed by atoms with Crippen LogP contribution in [0.4, 0.5) is 0 Å². The van der Waals surface area contributed by atoms with Gasteiger partial charge >= 0.3 is 0 Å². The summed E-state index contributed by atoms with van der Waals surface area (Å²) in [5.41, 5.74) is 0.678. The number of aliphatic hydroxyl groups is 1. The van der Waals surface area contributed by atoms with E-state index >= 15 is 0 Å². The van der Waals surface area contributed by atoms with E-state index in [1.807, 2.05) is 0 Å². The van der Waals surface area contributed by atoms with Crippen molar-refractivity contribution in [1.82, 2.24) is 0 Å². The summed E-state index contributed by atoms with van der Waals surface area (Å²) < 4.78 is 11.0. The molecule has 0 aromatic carbocycles. The van der Waals surface area contributed by atoms with Gasteiger partial charge in [-0.25, -0.2) is 0 Å². The van der Waals surface area contributed by atoms with Gasteiger partial charge in [0, 0.05) is 6.42 Å². The summed E-state index contributed by atoms with van der Waals surface area (Å²) in [6.07, 6.45) is -0.312. The van der Waals surface area contributed by atoms with E-state index in [2.05, 4.69) is 0 Å². The first kappa shape index (κ1) is 9.68. The molecule has 1 saturated heterocycles. The Balaban J connectivity index is 2.28. The van der Waals surface area contributed by atoms with Gasteiger partial charge in [-0.1, -0.05) is 0 Å². The SMILES string of the molecule is CC1=C(O)C(=O)[C@@H]2OC(C)(C)O[C@@H]2C1. The van der Waals surface area contributed by atoms with Crippen molar-refractivity contribution < 1.29 is 19.4 Å². The van der Waals surface area contributed by atoms with Gasteiger partial charge in [0.2, 0.25) is 5.78 Å². The summed E-state index contributed by atoms with van der Waals surface area (Å²) in [6.45, 7) is 5.27. The lowest BCUT2D eigenvalue weighted by atomic mass is 9.93. The smallest absolute Gasteiger partial charge is 0.228 e. The van der Waals surface area contributed by atoms with Crippen LogP contribution in [0, 0.1) is 0 Å². The van der Waals surface area contributed by atoms with Crippen LogP contribution in [0.2, 0.25) is 0 Å². The number of fused-ring (bicyclic) bond motifs is 1. The lowest BCUT2D eigenvalue weighted by Crippen LogP contribution is -2.37. The fourth-order valence-corrected chi connectivity index (χ4v) is 1.95. The van der Waals surface area contributed by atoms with Crippen molar-refractivity contribution in [3.8, 4) is 0 Å². The van der Waals surface area contributed by atoms with Crippen molar-refractivity contribution in [1.29, 1.82) is 0 Å². The van der Waals surface area contributed by atoms with Gasteiger partial charge in [-0.15, -0.1) is 0 Å². The Kier molecular flexibility index (Phi) is 1.94. The molecule has 4 heteroatoms. The first-order valence-corrected chi connectivity index (χ1v) is 4.69. The van der Waals surface area contributed by atoms with Gasteiger partial charge in [0.25, 0.3) is 0 Å². The molecule has 1 aliphatic carbocycles. The van der Waals surface area contributed by atoms with E-state index in [4.69, 9.17) is 9.47 Å². The summed E-state index contributed by atoms with van der Waals surface area (Å²) in [5, 5.41) is 9.46. The number of hydrogen-bond donors (Lipinski definition) is 1. The number of carbonyl (C=O) groups is 1. The molecule has 14 heavy (non-hydrogen) atoms. The van der Waals surface area contributed by atoms with Crippen LogP contribution in [0.25, 0.3) is 0 Å². The molecule has 0 saturated carbocycles. The van der Waals surface area contributed by atoms with Crippen LogP contribution < -0.4 is 0 Å². The molecule has 0 bridgehead atoms. The van der Waals surface area contributed by atoms with Crippen LogP contribution in [0.5, 0.6) is 0 Å². The molecule has 0 radical (unpaired) electrons. The van der Waals surface area contributed by atoms with Crippen molar-refractivity contribution in [3.05, 3.63) is 11.3 Å². The van der Waals surface area contributed by atoms with E-state index in [-0.39, 0.29) is 17.6 Å². The number of ketones is 1. The Labute approximate surface area is 82.5 Å². The molecule has 1 heterocycles. The molecule has 0 amide bonds. The number of aliphatic hydroxyl groups excluding tert-OH is 1. The van der Waals surface area contributed by atoms with Gasteiger partial charge in [-0.05, 0) is 26.3 Å². The molecule has 2 aliphatic rings. The van der Waals surface area contributed by atoms with Gasteiger partial charge in [0.05, 0.1) is 6.10 Å². The topological polar surface area (TPSA) is 55.8 Å². The van der Waals surface area contributed by atoms with Crippen molar-refractivity contribution in [2.45, 2.75) is 45.2 Å². The quantitative estimate of drug-likeness (QED) is 0.637. The molecule has 2 rings (SSSR count). The Hall–Kier alpha value is -0.870. The minimum atomic E-state index is -0.726. The zero-order valence-corrected chi connectivity index (χ0v) is 8.53. The average molecular weight is 198 g/mol. The Bertz CT molecular complexity index is 316. The predicted octanol–water partition coefficient (Wildman–Crippen LogP) is 1.31. The summed E-state index contributed by atoms with van der Waals surface area (Å²) >= 11 is 0. The second kappa shape index (κ2) is 2.81. The number of rotatable bonds is 0. The highest BCUT2D eigenvalue weighted by molar-refractivity contribution is 5.99. The Morgan fingerprint density at radius 2 is 2.07 bits per heavy atom. The van der Waals surface area contributed by atoms with Gasteiger partial charge in [-0.2, -0.15) is 0 Å². The summed E-state index contributed by atoms with van der Waals surface area (Å²) in [5.74, 6) is -1.24. The average Bonchev–Trinajstić information content (AvgIpc) is 2.37. The number of carbonyl (C=O) groups excluding carboxylic acids is 1. The lowest BCUT2D eigenvalue weighted by Gasteiger charge is -2.21. The highest BCUT2D eigenvalue weighted by Gasteiger charge is 2.48. The maximum absolute atomic E-state index is 11.6. The van der Waals surface area contributed by atoms with E-state index in [1.165, 1.54) is 0 Å². The van der Waals surface area contributed by atoms with Crippen molar-refractivity contribution >= 4 is 5.78 Å². The normalized spacial score (nSPS) is 36.1. The molecule has 78 valence electrons. The summed E-state index contributed by atoms with van der Waals surface area (Å²) in [7, 11) is 0. The molecular weight excluding hydrogens is 184 g/mol. The first-order chi connectivity index (χ1) is 6.41. The molecule has 0 aromatic rings. The van der Waals surface area contributed by atoms with Crippen LogP contribution in [0.3, 0.4) is 0 Å². The second-order valence-electron chi connectivity index (χ2n) is 4.29. The van der Waals surface area contributed by atoms with E-state index < -0.39 is 11.9 Å². The predicted molar refractivity (Wildman–Crippen MR) is 48.8 cm³/mol. The standard InChI is InChI=1S/C10H14O4/c1-5-4-6-9(8(12)7(5)11)14-10(2,3)13-6/h6,9,11H,4H2,1-3H3/t6-,9-/m1/s1. The minimum absolute atomic E-state index is 0.160. The summed E-state index contributed by atoms with van der Waals surface area (Å²) in [6, 6.07) is 0. The lowest BCUT2D eigenvalue weighted by molar-refractivity contribution is -0.153. The molecule has 0 aromatic heterocycles. The number of Topliss-reactive ketones (excluding diaryl/α,β-unsaturated/α-hetero) is 1. The van der Waals surface area contributed by atoms with Gasteiger partial charge in [-0.3, -0.25) is 4.79 Å². The molecular formula is C10H14O4. The third kappa shape index (κ3) is 1.35. The van der Waals surface area contributed by atoms with Crippen LogP contribution in [-0.2, 0) is 14.3 Å². The molecule has 0 unspecified atom stereocenters. The maximum Gasteiger partial charge on any atom is 0.228 e. The van der Waals surface area contributed by atoms with Crippen LogP contribution >= 0.6 is 0 Å². The minimum Gasteiger partial charge on any atom is -0.504 e. The van der Waals surface area contributed by atoms with E-state index in [9.17, 15) is 9.90 Å². The van der Waals surface area contributed by atoms with Crippen molar-refractivity contribution in [2.75, 3.05) is 0 Å². The molecule has 4 nitrogen and oxygen atoms in total. The van der Waals surface area contributed by atoms with Gasteiger partial charge in [0.15, 0.2) is 17.7 Å². The first-order valence-electron chi connectivity index (χ1n) is 4.69. The molecule has 2 atom stereocenters. The number of hydrogen-bond acceptors (Lipinski definition) is 4. The zero-order valence-electron chi connectivity index (χ0n) is 8.53. The molecule has 1 N–H and O–H groups in total. The Morgan fingerprint density at radius 3 is 2.71 bits per heavy atom. The highest BCUT2D eigenvalue weighted by Crippen LogP contribution is 2.36. The van der Waals surface area contributed by atoms with Crippen molar-refractivity contribution in [3.63, 3.8) is 0 Å². The highest BCUT2D eigenvalue weighted by atomic mass is 16.8. The molecule has 1 fully saturated rings. The molecule has 0 spiro atoms. The third-order valence-electron chi connectivity index (χ3n) is 2.59. The van der Waals surface area contributed by atoms with E-state index in [0.717, 1.165) is 0 Å². The fourth-order valence-electron chi connectivity index (χ4n) is 1.95. The number of ether oxygens (including phenoxy) is 2. The third-order valence-corrected chi connectivity index (χ3v) is 2.59. The van der Waals surface area contributed by atoms with E-state index in [0.29, 0.717) is 12.0 Å². The fraction of sp³-hybridized carbons (Fsp3) is 0.700. The van der Waals surface area contributed by atoms with Crippen LogP contribution in [-0.4, -0.2) is 28.9 Å². The van der Waals surface area contributed by atoms with Crippen LogP contribution in [0.15, 0.2) is 11.3 Å². The second-order valence-corrected chi connectivity index (χ2v) is 4.29. The monoisotopic (exact) mass is 198 g/mol. The summed E-state index contributed by atoms with van der Waals surface area (Å²) in [4.78, 5) is 11.6. The largest absolute Gasteiger partial charge is 0.504 e. The molecule has 1 aliphatic heterocycles. The zero-order chi connectivity index (χ0) is 10.5. The van der Waals surface area contributed by atoms with Gasteiger partial charge < -0.3 is 14.6 Å². The van der Waals surface area contributed by atoms with Crippen molar-refractivity contribution in [2.24, 2.45) is 0 Å². The van der Waals surface area contributed by atoms with Crippen LogP contribution in [0.1, 0.15) is 27.2 Å². The Morgan fingerprint density at radius 1 is 1.43 bits per heavy atom. The maximum atomic E-state index is 11.6.